The molecule has 1 aliphatic rings. The van der Waals surface area contributed by atoms with E-state index in [1.54, 1.807) is 42.7 Å². The van der Waals surface area contributed by atoms with Gasteiger partial charge in [-0.2, -0.15) is 0 Å². The average molecular weight is 397 g/mol. The van der Waals surface area contributed by atoms with Crippen LogP contribution in [0.3, 0.4) is 0 Å². The number of sulfonamides is 1. The Morgan fingerprint density at radius 2 is 1.56 bits per heavy atom. The Morgan fingerprint density at radius 1 is 1.04 bits per heavy atom. The summed E-state index contributed by atoms with van der Waals surface area (Å²) in [6, 6.07) is 6.40. The zero-order valence-electron chi connectivity index (χ0n) is 16.2. The lowest BCUT2D eigenvalue weighted by molar-refractivity contribution is -0.131. The largest absolute Gasteiger partial charge is 0.444 e. The highest BCUT2D eigenvalue weighted by Crippen LogP contribution is 2.12. The maximum absolute atomic E-state index is 12.3. The molecule has 1 aromatic carbocycles. The van der Waals surface area contributed by atoms with Gasteiger partial charge in [-0.05, 0) is 39.8 Å². The monoisotopic (exact) mass is 397 g/mol. The number of hydrogen-bond acceptors (Lipinski definition) is 5. The number of carbonyl (C=O) groups is 2. The Bertz CT molecular complexity index is 776. The number of hydrogen-bond donors (Lipinski definition) is 1. The Hall–Kier alpha value is -2.13. The van der Waals surface area contributed by atoms with Crippen molar-refractivity contribution in [3.05, 3.63) is 29.8 Å². The third-order valence-electron chi connectivity index (χ3n) is 4.03. The minimum Gasteiger partial charge on any atom is -0.444 e. The van der Waals surface area contributed by atoms with E-state index in [2.05, 4.69) is 4.72 Å². The number of nitrogens with one attached hydrogen (secondary N) is 1. The highest BCUT2D eigenvalue weighted by molar-refractivity contribution is 7.89. The van der Waals surface area contributed by atoms with Gasteiger partial charge in [0.2, 0.25) is 15.9 Å². The van der Waals surface area contributed by atoms with E-state index in [4.69, 9.17) is 4.74 Å². The number of carbonyl (C=O) groups excluding carboxylic acids is 2. The SMILES string of the molecule is Cc1ccc(S(=O)(=O)NCC(=O)N2CCN(C(=O)OC(C)(C)C)CC2)cc1. The van der Waals surface area contributed by atoms with Crippen LogP contribution in [0.15, 0.2) is 29.2 Å². The van der Waals surface area contributed by atoms with Crippen molar-refractivity contribution in [1.82, 2.24) is 14.5 Å². The molecule has 0 aromatic heterocycles. The van der Waals surface area contributed by atoms with Gasteiger partial charge in [0.25, 0.3) is 0 Å². The van der Waals surface area contributed by atoms with Gasteiger partial charge < -0.3 is 14.5 Å². The number of nitrogens with zero attached hydrogens (tertiary/aromatic N) is 2. The lowest BCUT2D eigenvalue weighted by atomic mass is 10.2. The molecule has 0 spiro atoms. The number of ether oxygens (including phenoxy) is 1. The minimum atomic E-state index is -3.74. The van der Waals surface area contributed by atoms with E-state index in [0.717, 1.165) is 5.56 Å². The van der Waals surface area contributed by atoms with Crippen molar-refractivity contribution < 1.29 is 22.7 Å². The van der Waals surface area contributed by atoms with Crippen LogP contribution in [0.25, 0.3) is 0 Å². The summed E-state index contributed by atoms with van der Waals surface area (Å²) in [5.74, 6) is -0.325. The number of benzene rings is 1. The Labute approximate surface area is 160 Å². The Balaban J connectivity index is 1.84. The fourth-order valence-electron chi connectivity index (χ4n) is 2.53. The minimum absolute atomic E-state index is 0.121. The van der Waals surface area contributed by atoms with E-state index in [1.165, 1.54) is 12.1 Å². The third kappa shape index (κ3) is 6.21. The van der Waals surface area contributed by atoms with E-state index in [0.29, 0.717) is 26.2 Å². The summed E-state index contributed by atoms with van der Waals surface area (Å²) in [4.78, 5) is 27.5. The number of aryl methyl sites for hydroxylation is 1. The van der Waals surface area contributed by atoms with E-state index in [9.17, 15) is 18.0 Å². The van der Waals surface area contributed by atoms with Gasteiger partial charge in [-0.3, -0.25) is 4.79 Å². The molecule has 0 radical (unpaired) electrons. The lowest BCUT2D eigenvalue weighted by Crippen LogP contribution is -2.53. The van der Waals surface area contributed by atoms with Crippen molar-refractivity contribution >= 4 is 22.0 Å². The smallest absolute Gasteiger partial charge is 0.410 e. The molecule has 8 nitrogen and oxygen atoms in total. The van der Waals surface area contributed by atoms with E-state index >= 15 is 0 Å². The van der Waals surface area contributed by atoms with Gasteiger partial charge in [-0.25, -0.2) is 17.9 Å². The predicted octanol–water partition coefficient (Wildman–Crippen LogP) is 1.35. The first-order chi connectivity index (χ1) is 12.5. The van der Waals surface area contributed by atoms with Gasteiger partial charge in [-0.1, -0.05) is 17.7 Å². The van der Waals surface area contributed by atoms with Crippen LogP contribution >= 0.6 is 0 Å². The second-order valence-electron chi connectivity index (χ2n) is 7.49. The van der Waals surface area contributed by atoms with Gasteiger partial charge in [0, 0.05) is 26.2 Å². The van der Waals surface area contributed by atoms with Crippen molar-refractivity contribution in [3.63, 3.8) is 0 Å². The lowest BCUT2D eigenvalue weighted by Gasteiger charge is -2.35. The van der Waals surface area contributed by atoms with Crippen molar-refractivity contribution in [1.29, 1.82) is 0 Å². The van der Waals surface area contributed by atoms with Gasteiger partial charge in [0.05, 0.1) is 11.4 Å². The molecule has 0 aliphatic carbocycles. The molecule has 2 amide bonds. The molecule has 1 aromatic rings. The molecule has 0 bridgehead atoms. The summed E-state index contributed by atoms with van der Waals surface area (Å²) in [6.07, 6.45) is -0.408. The summed E-state index contributed by atoms with van der Waals surface area (Å²) in [5, 5.41) is 0. The van der Waals surface area contributed by atoms with Gasteiger partial charge in [-0.15, -0.1) is 0 Å². The predicted molar refractivity (Wildman–Crippen MR) is 101 cm³/mol. The summed E-state index contributed by atoms with van der Waals surface area (Å²) < 4.78 is 32.2. The molecule has 1 heterocycles. The van der Waals surface area contributed by atoms with Gasteiger partial charge in [0.15, 0.2) is 0 Å². The summed E-state index contributed by atoms with van der Waals surface area (Å²) in [5.41, 5.74) is 0.381. The van der Waals surface area contributed by atoms with E-state index in [-0.39, 0.29) is 17.3 Å². The van der Waals surface area contributed by atoms with Crippen LogP contribution in [0.1, 0.15) is 26.3 Å². The van der Waals surface area contributed by atoms with Gasteiger partial charge >= 0.3 is 6.09 Å². The molecule has 1 N–H and O–H groups in total. The highest BCUT2D eigenvalue weighted by atomic mass is 32.2. The standard InChI is InChI=1S/C18H27N3O5S/c1-14-5-7-15(8-6-14)27(24,25)19-13-16(22)20-9-11-21(12-10-20)17(23)26-18(2,3)4/h5-8,19H,9-13H2,1-4H3. The maximum atomic E-state index is 12.3. The number of piperazine rings is 1. The fourth-order valence-corrected chi connectivity index (χ4v) is 3.51. The normalized spacial score (nSPS) is 15.6. The molecular weight excluding hydrogens is 370 g/mol. The number of rotatable bonds is 4. The summed E-state index contributed by atoms with van der Waals surface area (Å²) in [6.45, 7) is 8.32. The molecule has 0 atom stereocenters. The molecule has 0 unspecified atom stereocenters. The van der Waals surface area contributed by atoms with E-state index in [1.807, 2.05) is 6.92 Å². The molecule has 27 heavy (non-hydrogen) atoms. The quantitative estimate of drug-likeness (QED) is 0.827. The summed E-state index contributed by atoms with van der Waals surface area (Å²) in [7, 11) is -3.74. The zero-order valence-corrected chi connectivity index (χ0v) is 17.0. The first-order valence-electron chi connectivity index (χ1n) is 8.80. The molecule has 1 aliphatic heterocycles. The van der Waals surface area contributed by atoms with Crippen LogP contribution in [0.4, 0.5) is 4.79 Å². The van der Waals surface area contributed by atoms with Crippen molar-refractivity contribution in [2.75, 3.05) is 32.7 Å². The van der Waals surface area contributed by atoms with Crippen LogP contribution in [0.2, 0.25) is 0 Å². The molecule has 2 rings (SSSR count). The van der Waals surface area contributed by atoms with Crippen LogP contribution in [-0.4, -0.2) is 68.5 Å². The average Bonchev–Trinajstić information content (AvgIpc) is 2.59. The second kappa shape index (κ2) is 8.26. The first kappa shape index (κ1) is 21.2. The van der Waals surface area contributed by atoms with Crippen LogP contribution in [-0.2, 0) is 19.6 Å². The van der Waals surface area contributed by atoms with Crippen LogP contribution < -0.4 is 4.72 Å². The van der Waals surface area contributed by atoms with Crippen molar-refractivity contribution in [2.45, 2.75) is 38.2 Å². The molecular formula is C18H27N3O5S. The first-order valence-corrected chi connectivity index (χ1v) is 10.3. The Kier molecular flexibility index (Phi) is 6.48. The highest BCUT2D eigenvalue weighted by Gasteiger charge is 2.28. The third-order valence-corrected chi connectivity index (χ3v) is 5.45. The molecule has 9 heteroatoms. The molecule has 1 fully saturated rings. The zero-order chi connectivity index (χ0) is 20.2. The molecule has 1 saturated heterocycles. The summed E-state index contributed by atoms with van der Waals surface area (Å²) >= 11 is 0. The van der Waals surface area contributed by atoms with Crippen LogP contribution in [0, 0.1) is 6.92 Å². The maximum Gasteiger partial charge on any atom is 0.410 e. The second-order valence-corrected chi connectivity index (χ2v) is 9.25. The number of amides is 2. The van der Waals surface area contributed by atoms with Crippen molar-refractivity contribution in [3.8, 4) is 0 Å². The molecule has 0 saturated carbocycles. The topological polar surface area (TPSA) is 96.0 Å². The van der Waals surface area contributed by atoms with Crippen LogP contribution in [0.5, 0.6) is 0 Å². The fraction of sp³-hybridized carbons (Fsp3) is 0.556. The Morgan fingerprint density at radius 3 is 2.07 bits per heavy atom. The van der Waals surface area contributed by atoms with Gasteiger partial charge in [0.1, 0.15) is 5.60 Å². The molecule has 150 valence electrons. The van der Waals surface area contributed by atoms with Crippen molar-refractivity contribution in [2.24, 2.45) is 0 Å². The van der Waals surface area contributed by atoms with E-state index < -0.39 is 21.7 Å².